The Kier molecular flexibility index (Phi) is 3.42. The van der Waals surface area contributed by atoms with Gasteiger partial charge in [-0.05, 0) is 6.92 Å². The highest BCUT2D eigenvalue weighted by Gasteiger charge is 2.36. The van der Waals surface area contributed by atoms with E-state index in [4.69, 9.17) is 9.47 Å². The maximum Gasteiger partial charge on any atom is 0.338 e. The summed E-state index contributed by atoms with van der Waals surface area (Å²) in [5, 5.41) is 0. The standard InChI is InChI=1S/C11H19N4O2/c1-4-15(7-5-6-8-15)9-12-10(16-2)14-11(13-9)17-3/h4-8H2,1-3H3/q+1. The van der Waals surface area contributed by atoms with Crippen molar-refractivity contribution in [2.75, 3.05) is 33.9 Å². The van der Waals surface area contributed by atoms with E-state index in [2.05, 4.69) is 21.9 Å². The molecule has 1 aromatic heterocycles. The molecule has 1 aliphatic rings. The van der Waals surface area contributed by atoms with Crippen LogP contribution in [0.25, 0.3) is 0 Å². The van der Waals surface area contributed by atoms with Gasteiger partial charge in [-0.2, -0.15) is 0 Å². The van der Waals surface area contributed by atoms with Crippen LogP contribution in [0.1, 0.15) is 19.8 Å². The number of quaternary nitrogens is 1. The Balaban J connectivity index is 2.42. The molecule has 0 aliphatic carbocycles. The third-order valence-corrected chi connectivity index (χ3v) is 3.40. The zero-order valence-electron chi connectivity index (χ0n) is 10.6. The molecule has 0 amide bonds. The number of hydrogen-bond donors (Lipinski definition) is 0. The Bertz CT molecular complexity index is 369. The molecule has 2 heterocycles. The van der Waals surface area contributed by atoms with E-state index in [1.807, 2.05) is 0 Å². The van der Waals surface area contributed by atoms with Crippen molar-refractivity contribution < 1.29 is 9.47 Å². The van der Waals surface area contributed by atoms with Crippen molar-refractivity contribution in [3.8, 4) is 12.0 Å². The fourth-order valence-corrected chi connectivity index (χ4v) is 2.32. The summed E-state index contributed by atoms with van der Waals surface area (Å²) < 4.78 is 11.0. The van der Waals surface area contributed by atoms with Gasteiger partial charge in [-0.15, -0.1) is 15.0 Å². The van der Waals surface area contributed by atoms with Gasteiger partial charge in [-0.1, -0.05) is 0 Å². The van der Waals surface area contributed by atoms with Crippen molar-refractivity contribution >= 4 is 5.95 Å². The number of methoxy groups -OCH3 is 2. The molecule has 0 aromatic carbocycles. The Hall–Kier alpha value is -1.43. The second kappa shape index (κ2) is 4.83. The highest BCUT2D eigenvalue weighted by Crippen LogP contribution is 2.27. The topological polar surface area (TPSA) is 57.1 Å². The summed E-state index contributed by atoms with van der Waals surface area (Å²) in [4.78, 5) is 12.8. The van der Waals surface area contributed by atoms with Crippen LogP contribution in [0.15, 0.2) is 0 Å². The molecule has 0 saturated carbocycles. The van der Waals surface area contributed by atoms with E-state index in [1.165, 1.54) is 12.8 Å². The zero-order valence-corrected chi connectivity index (χ0v) is 10.6. The lowest BCUT2D eigenvalue weighted by Crippen LogP contribution is -2.47. The van der Waals surface area contributed by atoms with E-state index >= 15 is 0 Å². The van der Waals surface area contributed by atoms with Gasteiger partial charge in [-0.3, -0.25) is 4.48 Å². The van der Waals surface area contributed by atoms with Crippen molar-refractivity contribution in [1.82, 2.24) is 19.4 Å². The number of likely N-dealkylation sites (tertiary alicyclic amines) is 1. The predicted molar refractivity (Wildman–Crippen MR) is 64.2 cm³/mol. The molecular weight excluding hydrogens is 220 g/mol. The predicted octanol–water partition coefficient (Wildman–Crippen LogP) is 1.01. The quantitative estimate of drug-likeness (QED) is 0.734. The molecule has 0 spiro atoms. The first kappa shape index (κ1) is 12.0. The van der Waals surface area contributed by atoms with Crippen LogP contribution >= 0.6 is 0 Å². The van der Waals surface area contributed by atoms with Crippen LogP contribution in [0.3, 0.4) is 0 Å². The van der Waals surface area contributed by atoms with E-state index in [9.17, 15) is 0 Å². The van der Waals surface area contributed by atoms with Crippen molar-refractivity contribution in [3.05, 3.63) is 0 Å². The van der Waals surface area contributed by atoms with Crippen LogP contribution in [-0.4, -0.2) is 48.8 Å². The van der Waals surface area contributed by atoms with Crippen molar-refractivity contribution in [2.45, 2.75) is 19.8 Å². The van der Waals surface area contributed by atoms with E-state index < -0.39 is 0 Å². The molecule has 94 valence electrons. The van der Waals surface area contributed by atoms with Crippen molar-refractivity contribution in [1.29, 1.82) is 0 Å². The molecule has 0 bridgehead atoms. The SMILES string of the molecule is CC[N+]1(c2nc(OC)nc(OC)n2)CCCC1. The fraction of sp³-hybridized carbons (Fsp3) is 0.727. The van der Waals surface area contributed by atoms with Crippen LogP contribution in [0, 0.1) is 0 Å². The molecule has 0 radical (unpaired) electrons. The van der Waals surface area contributed by atoms with Gasteiger partial charge < -0.3 is 9.47 Å². The summed E-state index contributed by atoms with van der Waals surface area (Å²) in [5.74, 6) is 0.758. The lowest BCUT2D eigenvalue weighted by atomic mass is 10.4. The number of aromatic nitrogens is 3. The monoisotopic (exact) mass is 239 g/mol. The molecule has 1 aliphatic heterocycles. The summed E-state index contributed by atoms with van der Waals surface area (Å²) in [6, 6.07) is 0.648. The summed E-state index contributed by atoms with van der Waals surface area (Å²) in [7, 11) is 3.11. The van der Waals surface area contributed by atoms with Crippen molar-refractivity contribution in [2.24, 2.45) is 0 Å². The first-order valence-electron chi connectivity index (χ1n) is 5.95. The lowest BCUT2D eigenvalue weighted by molar-refractivity contribution is 0.298. The second-order valence-corrected chi connectivity index (χ2v) is 4.22. The summed E-state index contributed by atoms with van der Waals surface area (Å²) in [6.45, 7) is 5.30. The third-order valence-electron chi connectivity index (χ3n) is 3.40. The van der Waals surface area contributed by atoms with Crippen LogP contribution in [0.2, 0.25) is 0 Å². The van der Waals surface area contributed by atoms with Crippen molar-refractivity contribution in [3.63, 3.8) is 0 Å². The molecule has 1 saturated heterocycles. The average Bonchev–Trinajstić information content (AvgIpc) is 2.88. The minimum absolute atomic E-state index is 0.324. The molecule has 1 fully saturated rings. The van der Waals surface area contributed by atoms with E-state index in [0.717, 1.165) is 30.1 Å². The fourth-order valence-electron chi connectivity index (χ4n) is 2.32. The maximum atomic E-state index is 5.09. The normalized spacial score (nSPS) is 18.1. The smallest absolute Gasteiger partial charge is 0.338 e. The first-order chi connectivity index (χ1) is 8.24. The molecule has 17 heavy (non-hydrogen) atoms. The number of rotatable bonds is 4. The van der Waals surface area contributed by atoms with Gasteiger partial charge in [0.2, 0.25) is 0 Å². The minimum Gasteiger partial charge on any atom is -0.466 e. The Labute approximate surface area is 101 Å². The van der Waals surface area contributed by atoms with Gasteiger partial charge in [0.15, 0.2) is 0 Å². The molecular formula is C11H19N4O2+. The van der Waals surface area contributed by atoms with Crippen LogP contribution in [0.5, 0.6) is 12.0 Å². The molecule has 6 heteroatoms. The molecule has 1 aromatic rings. The maximum absolute atomic E-state index is 5.09. The molecule has 2 rings (SSSR count). The molecule has 0 unspecified atom stereocenters. The van der Waals surface area contributed by atoms with Gasteiger partial charge >= 0.3 is 18.0 Å². The number of ether oxygens (including phenoxy) is 2. The average molecular weight is 239 g/mol. The summed E-state index contributed by atoms with van der Waals surface area (Å²) in [6.07, 6.45) is 2.42. The summed E-state index contributed by atoms with van der Waals surface area (Å²) in [5.41, 5.74) is 0. The first-order valence-corrected chi connectivity index (χ1v) is 5.95. The Morgan fingerprint density at radius 1 is 1.00 bits per heavy atom. The third kappa shape index (κ3) is 2.17. The van der Waals surface area contributed by atoms with E-state index in [-0.39, 0.29) is 0 Å². The van der Waals surface area contributed by atoms with Crippen LogP contribution in [-0.2, 0) is 0 Å². The number of nitrogens with zero attached hydrogens (tertiary/aromatic N) is 4. The van der Waals surface area contributed by atoms with Crippen LogP contribution in [0.4, 0.5) is 5.95 Å². The second-order valence-electron chi connectivity index (χ2n) is 4.22. The Morgan fingerprint density at radius 3 is 1.94 bits per heavy atom. The number of hydrogen-bond acceptors (Lipinski definition) is 5. The molecule has 0 atom stereocenters. The van der Waals surface area contributed by atoms with E-state index in [1.54, 1.807) is 14.2 Å². The summed E-state index contributed by atoms with van der Waals surface area (Å²) >= 11 is 0. The lowest BCUT2D eigenvalue weighted by Gasteiger charge is -2.29. The molecule has 0 N–H and O–H groups in total. The van der Waals surface area contributed by atoms with Crippen LogP contribution < -0.4 is 14.0 Å². The zero-order chi connectivity index (χ0) is 12.3. The van der Waals surface area contributed by atoms with Gasteiger partial charge in [0.1, 0.15) is 0 Å². The molecule has 6 nitrogen and oxygen atoms in total. The van der Waals surface area contributed by atoms with E-state index in [0.29, 0.717) is 12.0 Å². The van der Waals surface area contributed by atoms with Gasteiger partial charge in [0.05, 0.1) is 33.9 Å². The highest BCUT2D eigenvalue weighted by molar-refractivity contribution is 5.29. The van der Waals surface area contributed by atoms with Gasteiger partial charge in [-0.25, -0.2) is 0 Å². The van der Waals surface area contributed by atoms with Gasteiger partial charge in [0, 0.05) is 12.8 Å². The largest absolute Gasteiger partial charge is 0.466 e. The Morgan fingerprint density at radius 2 is 1.53 bits per heavy atom. The highest BCUT2D eigenvalue weighted by atomic mass is 16.5. The minimum atomic E-state index is 0.324. The van der Waals surface area contributed by atoms with Gasteiger partial charge in [0.25, 0.3) is 0 Å².